The molecule has 90 valence electrons. The smallest absolute Gasteiger partial charge is 0.320 e. The van der Waals surface area contributed by atoms with Crippen LogP contribution in [0.4, 0.5) is 0 Å². The van der Waals surface area contributed by atoms with Crippen LogP contribution in [0.2, 0.25) is 0 Å². The van der Waals surface area contributed by atoms with Gasteiger partial charge in [-0.05, 0) is 19.4 Å². The summed E-state index contributed by atoms with van der Waals surface area (Å²) in [6.45, 7) is 0.665. The molecule has 0 aromatic rings. The third kappa shape index (κ3) is 7.25. The molecule has 0 aromatic heterocycles. The molecule has 0 spiro atoms. The van der Waals surface area contributed by atoms with Crippen LogP contribution >= 0.6 is 0 Å². The second-order valence-electron chi connectivity index (χ2n) is 3.09. The molecule has 6 N–H and O–H groups in total. The average molecular weight is 239 g/mol. The molecule has 0 aromatic carbocycles. The lowest BCUT2D eigenvalue weighted by atomic mass is 10.2. The molecule has 0 amide bonds. The van der Waals surface area contributed by atoms with Crippen molar-refractivity contribution in [2.24, 2.45) is 11.5 Å². The highest BCUT2D eigenvalue weighted by Crippen LogP contribution is 1.94. The number of nitrogens with two attached hydrogens (primary N) is 2. The number of nitrogens with one attached hydrogen (secondary N) is 1. The third-order valence-corrected chi connectivity index (χ3v) is 3.13. The fourth-order valence-electron chi connectivity index (χ4n) is 0.807. The molecular weight excluding hydrogens is 222 g/mol. The number of rotatable bonds is 8. The Balaban J connectivity index is 3.89. The quantitative estimate of drug-likeness (QED) is 0.364. The van der Waals surface area contributed by atoms with E-state index in [4.69, 9.17) is 16.6 Å². The van der Waals surface area contributed by atoms with Gasteiger partial charge in [0.2, 0.25) is 10.0 Å². The summed E-state index contributed by atoms with van der Waals surface area (Å²) in [4.78, 5) is 10.3. The zero-order chi connectivity index (χ0) is 11.9. The van der Waals surface area contributed by atoms with Crippen molar-refractivity contribution in [3.63, 3.8) is 0 Å². The maximum absolute atomic E-state index is 11.2. The topological polar surface area (TPSA) is 136 Å². The van der Waals surface area contributed by atoms with E-state index in [0.717, 1.165) is 0 Å². The Morgan fingerprint density at radius 1 is 1.47 bits per heavy atom. The van der Waals surface area contributed by atoms with E-state index in [1.807, 2.05) is 0 Å². The van der Waals surface area contributed by atoms with Gasteiger partial charge in [0.15, 0.2) is 0 Å². The fraction of sp³-hybridized carbons (Fsp3) is 0.857. The van der Waals surface area contributed by atoms with Crippen molar-refractivity contribution in [1.82, 2.24) is 4.72 Å². The Labute approximate surface area is 88.9 Å². The molecule has 0 aliphatic rings. The van der Waals surface area contributed by atoms with Gasteiger partial charge in [-0.15, -0.1) is 0 Å². The van der Waals surface area contributed by atoms with E-state index in [2.05, 4.69) is 4.72 Å². The molecule has 0 aliphatic heterocycles. The maximum Gasteiger partial charge on any atom is 0.320 e. The molecule has 7 nitrogen and oxygen atoms in total. The minimum atomic E-state index is -3.43. The number of carbonyl (C=O) groups is 1. The van der Waals surface area contributed by atoms with Crippen molar-refractivity contribution in [2.45, 2.75) is 18.9 Å². The normalized spacial score (nSPS) is 13.7. The molecule has 8 heteroatoms. The van der Waals surface area contributed by atoms with Gasteiger partial charge in [-0.3, -0.25) is 4.79 Å². The lowest BCUT2D eigenvalue weighted by Crippen LogP contribution is -2.35. The van der Waals surface area contributed by atoms with E-state index >= 15 is 0 Å². The van der Waals surface area contributed by atoms with Crippen molar-refractivity contribution >= 4 is 16.0 Å². The lowest BCUT2D eigenvalue weighted by Gasteiger charge is -2.08. The van der Waals surface area contributed by atoms with Crippen LogP contribution in [-0.4, -0.2) is 44.4 Å². The molecule has 15 heavy (non-hydrogen) atoms. The van der Waals surface area contributed by atoms with E-state index in [1.54, 1.807) is 0 Å². The lowest BCUT2D eigenvalue weighted by molar-refractivity contribution is -0.138. The Morgan fingerprint density at radius 3 is 2.53 bits per heavy atom. The Morgan fingerprint density at radius 2 is 2.07 bits per heavy atom. The first kappa shape index (κ1) is 14.3. The summed E-state index contributed by atoms with van der Waals surface area (Å²) in [5, 5.41) is 8.44. The van der Waals surface area contributed by atoms with E-state index in [1.165, 1.54) is 0 Å². The van der Waals surface area contributed by atoms with Crippen molar-refractivity contribution in [3.05, 3.63) is 0 Å². The molecule has 1 atom stereocenters. The van der Waals surface area contributed by atoms with Crippen LogP contribution in [0.25, 0.3) is 0 Å². The Bertz CT molecular complexity index is 291. The predicted octanol–water partition coefficient (Wildman–Crippen LogP) is -1.94. The van der Waals surface area contributed by atoms with Crippen molar-refractivity contribution in [1.29, 1.82) is 0 Å². The number of hydrogen-bond donors (Lipinski definition) is 4. The highest BCUT2D eigenvalue weighted by molar-refractivity contribution is 7.89. The molecule has 0 bridgehead atoms. The van der Waals surface area contributed by atoms with Gasteiger partial charge in [-0.1, -0.05) is 0 Å². The first-order valence-electron chi connectivity index (χ1n) is 4.55. The Kier molecular flexibility index (Phi) is 6.41. The first-order valence-corrected chi connectivity index (χ1v) is 6.20. The van der Waals surface area contributed by atoms with Crippen LogP contribution in [0.3, 0.4) is 0 Å². The minimum Gasteiger partial charge on any atom is -0.480 e. The van der Waals surface area contributed by atoms with Crippen LogP contribution in [0.1, 0.15) is 12.8 Å². The van der Waals surface area contributed by atoms with Crippen molar-refractivity contribution in [3.8, 4) is 0 Å². The standard InChI is InChI=1S/C7H17N3O4S/c8-3-1-4-10-15(13,14)5-2-6(9)7(11)12/h6,10H,1-5,8-9H2,(H,11,12). The van der Waals surface area contributed by atoms with Gasteiger partial charge in [-0.25, -0.2) is 13.1 Å². The molecular formula is C7H17N3O4S. The number of sulfonamides is 1. The van der Waals surface area contributed by atoms with Crippen LogP contribution in [0, 0.1) is 0 Å². The van der Waals surface area contributed by atoms with Gasteiger partial charge in [-0.2, -0.15) is 0 Å². The van der Waals surface area contributed by atoms with Crippen molar-refractivity contribution < 1.29 is 18.3 Å². The summed E-state index contributed by atoms with van der Waals surface area (Å²) in [6.07, 6.45) is 0.442. The minimum absolute atomic E-state index is 0.104. The molecule has 0 rings (SSSR count). The highest BCUT2D eigenvalue weighted by Gasteiger charge is 2.16. The van der Waals surface area contributed by atoms with E-state index < -0.39 is 22.0 Å². The Hall–Kier alpha value is -0.700. The SMILES string of the molecule is NCCCNS(=O)(=O)CCC(N)C(=O)O. The van der Waals surface area contributed by atoms with Crippen LogP contribution in [0.15, 0.2) is 0 Å². The zero-order valence-electron chi connectivity index (χ0n) is 8.35. The van der Waals surface area contributed by atoms with Gasteiger partial charge < -0.3 is 16.6 Å². The maximum atomic E-state index is 11.2. The number of aliphatic carboxylic acids is 1. The molecule has 1 unspecified atom stereocenters. The van der Waals surface area contributed by atoms with Gasteiger partial charge in [0.1, 0.15) is 6.04 Å². The largest absolute Gasteiger partial charge is 0.480 e. The second kappa shape index (κ2) is 6.72. The summed E-state index contributed by atoms with van der Waals surface area (Å²) in [6, 6.07) is -1.14. The molecule has 0 heterocycles. The van der Waals surface area contributed by atoms with Crippen molar-refractivity contribution in [2.75, 3.05) is 18.8 Å². The fourth-order valence-corrected chi connectivity index (χ4v) is 1.97. The summed E-state index contributed by atoms with van der Waals surface area (Å²) in [5.74, 6) is -1.49. The first-order chi connectivity index (χ1) is 6.89. The number of carboxylic acid groups (broad SMARTS) is 1. The van der Waals surface area contributed by atoms with Gasteiger partial charge >= 0.3 is 5.97 Å². The predicted molar refractivity (Wildman–Crippen MR) is 55.7 cm³/mol. The van der Waals surface area contributed by atoms with Gasteiger partial charge in [0, 0.05) is 6.54 Å². The number of carboxylic acids is 1. The number of hydrogen-bond acceptors (Lipinski definition) is 5. The molecule has 0 aliphatic carbocycles. The third-order valence-electron chi connectivity index (χ3n) is 1.72. The summed E-state index contributed by atoms with van der Waals surface area (Å²) < 4.78 is 24.8. The van der Waals surface area contributed by atoms with E-state index in [9.17, 15) is 13.2 Å². The van der Waals surface area contributed by atoms with E-state index in [0.29, 0.717) is 13.0 Å². The molecule has 0 saturated heterocycles. The van der Waals surface area contributed by atoms with Crippen LogP contribution < -0.4 is 16.2 Å². The van der Waals surface area contributed by atoms with E-state index in [-0.39, 0.29) is 18.7 Å². The van der Waals surface area contributed by atoms with Gasteiger partial charge in [0.05, 0.1) is 5.75 Å². The molecule has 0 saturated carbocycles. The molecule has 0 radical (unpaired) electrons. The zero-order valence-corrected chi connectivity index (χ0v) is 9.16. The summed E-state index contributed by atoms with van der Waals surface area (Å²) in [7, 11) is -3.43. The van der Waals surface area contributed by atoms with Crippen LogP contribution in [-0.2, 0) is 14.8 Å². The van der Waals surface area contributed by atoms with Crippen LogP contribution in [0.5, 0.6) is 0 Å². The summed E-state index contributed by atoms with van der Waals surface area (Å²) in [5.41, 5.74) is 10.4. The second-order valence-corrected chi connectivity index (χ2v) is 5.02. The molecule has 0 fully saturated rings. The average Bonchev–Trinajstić information content (AvgIpc) is 2.14. The highest BCUT2D eigenvalue weighted by atomic mass is 32.2. The summed E-state index contributed by atoms with van der Waals surface area (Å²) >= 11 is 0. The monoisotopic (exact) mass is 239 g/mol. The van der Waals surface area contributed by atoms with Gasteiger partial charge in [0.25, 0.3) is 0 Å².